The SMILES string of the molecule is NC1[C@@H]2C=C[C@H]1CC2. The second-order valence-corrected chi connectivity index (χ2v) is 2.87. The molecule has 1 saturated carbocycles. The van der Waals surface area contributed by atoms with E-state index in [0.717, 1.165) is 11.8 Å². The molecule has 0 aromatic heterocycles. The van der Waals surface area contributed by atoms with Crippen molar-refractivity contribution in [2.24, 2.45) is 17.6 Å². The van der Waals surface area contributed by atoms with E-state index < -0.39 is 0 Å². The van der Waals surface area contributed by atoms with Gasteiger partial charge in [0.15, 0.2) is 0 Å². The lowest BCUT2D eigenvalue weighted by Crippen LogP contribution is -2.25. The molecule has 0 aromatic rings. The van der Waals surface area contributed by atoms with Gasteiger partial charge in [0.25, 0.3) is 0 Å². The van der Waals surface area contributed by atoms with E-state index in [9.17, 15) is 0 Å². The normalized spacial score (nSPS) is 50.9. The Kier molecular flexibility index (Phi) is 0.770. The predicted molar refractivity (Wildman–Crippen MR) is 33.3 cm³/mol. The molecule has 1 unspecified atom stereocenters. The highest BCUT2D eigenvalue weighted by molar-refractivity contribution is 5.13. The third-order valence-electron chi connectivity index (χ3n) is 2.43. The number of nitrogens with two attached hydrogens (primary N) is 1. The van der Waals surface area contributed by atoms with Gasteiger partial charge in [0.05, 0.1) is 0 Å². The van der Waals surface area contributed by atoms with Crippen molar-refractivity contribution in [1.82, 2.24) is 0 Å². The van der Waals surface area contributed by atoms with Crippen LogP contribution in [-0.2, 0) is 0 Å². The smallest absolute Gasteiger partial charge is 0.0165 e. The highest BCUT2D eigenvalue weighted by Crippen LogP contribution is 2.37. The van der Waals surface area contributed by atoms with Gasteiger partial charge >= 0.3 is 0 Å². The Morgan fingerprint density at radius 2 is 1.62 bits per heavy atom. The van der Waals surface area contributed by atoms with Crippen molar-refractivity contribution in [1.29, 1.82) is 0 Å². The molecule has 3 atom stereocenters. The van der Waals surface area contributed by atoms with Gasteiger partial charge in [-0.2, -0.15) is 0 Å². The zero-order valence-electron chi connectivity index (χ0n) is 4.88. The first-order chi connectivity index (χ1) is 3.88. The molecule has 0 radical (unpaired) electrons. The highest BCUT2D eigenvalue weighted by Gasteiger charge is 2.34. The van der Waals surface area contributed by atoms with E-state index in [1.807, 2.05) is 0 Å². The van der Waals surface area contributed by atoms with Gasteiger partial charge in [-0.3, -0.25) is 0 Å². The third-order valence-corrected chi connectivity index (χ3v) is 2.43. The van der Waals surface area contributed by atoms with Crippen LogP contribution in [-0.4, -0.2) is 6.04 Å². The second-order valence-electron chi connectivity index (χ2n) is 2.87. The van der Waals surface area contributed by atoms with Crippen LogP contribution in [0.1, 0.15) is 12.8 Å². The molecule has 2 aliphatic rings. The van der Waals surface area contributed by atoms with Gasteiger partial charge in [-0.15, -0.1) is 0 Å². The largest absolute Gasteiger partial charge is 0.327 e. The molecular weight excluding hydrogens is 98.1 g/mol. The fourth-order valence-electron chi connectivity index (χ4n) is 1.82. The van der Waals surface area contributed by atoms with Crippen LogP contribution in [0.3, 0.4) is 0 Å². The monoisotopic (exact) mass is 109 g/mol. The third kappa shape index (κ3) is 0.402. The van der Waals surface area contributed by atoms with E-state index in [1.165, 1.54) is 12.8 Å². The van der Waals surface area contributed by atoms with E-state index in [1.54, 1.807) is 0 Å². The molecule has 1 nitrogen and oxygen atoms in total. The minimum Gasteiger partial charge on any atom is -0.327 e. The minimum atomic E-state index is 0.481. The summed E-state index contributed by atoms with van der Waals surface area (Å²) in [7, 11) is 0. The van der Waals surface area contributed by atoms with Crippen molar-refractivity contribution in [2.45, 2.75) is 18.9 Å². The number of hydrogen-bond acceptors (Lipinski definition) is 1. The minimum absolute atomic E-state index is 0.481. The average Bonchev–Trinajstić information content (AvgIpc) is 2.29. The van der Waals surface area contributed by atoms with Crippen molar-refractivity contribution in [3.8, 4) is 0 Å². The topological polar surface area (TPSA) is 26.0 Å². The Bertz CT molecular complexity index is 114. The van der Waals surface area contributed by atoms with Crippen LogP contribution < -0.4 is 5.73 Å². The summed E-state index contributed by atoms with van der Waals surface area (Å²) >= 11 is 0. The number of hydrogen-bond donors (Lipinski definition) is 1. The Balaban J connectivity index is 2.27. The zero-order valence-corrected chi connectivity index (χ0v) is 4.88. The molecule has 44 valence electrons. The maximum absolute atomic E-state index is 5.82. The molecular formula is C7H11N. The Hall–Kier alpha value is -0.300. The zero-order chi connectivity index (χ0) is 5.56. The van der Waals surface area contributed by atoms with Crippen molar-refractivity contribution < 1.29 is 0 Å². The van der Waals surface area contributed by atoms with Crippen LogP contribution in [0.2, 0.25) is 0 Å². The lowest BCUT2D eigenvalue weighted by atomic mass is 10.1. The maximum Gasteiger partial charge on any atom is 0.0165 e. The molecule has 1 heteroatoms. The van der Waals surface area contributed by atoms with Crippen LogP contribution in [0, 0.1) is 11.8 Å². The molecule has 2 rings (SSSR count). The molecule has 1 fully saturated rings. The van der Waals surface area contributed by atoms with E-state index >= 15 is 0 Å². The molecule has 0 aromatic carbocycles. The van der Waals surface area contributed by atoms with Gasteiger partial charge in [-0.25, -0.2) is 0 Å². The molecule has 0 heterocycles. The van der Waals surface area contributed by atoms with Crippen molar-refractivity contribution in [2.75, 3.05) is 0 Å². The molecule has 0 aliphatic heterocycles. The summed E-state index contributed by atoms with van der Waals surface area (Å²) in [6.45, 7) is 0. The van der Waals surface area contributed by atoms with Crippen molar-refractivity contribution >= 4 is 0 Å². The summed E-state index contributed by atoms with van der Waals surface area (Å²) in [5, 5.41) is 0. The summed E-state index contributed by atoms with van der Waals surface area (Å²) in [4.78, 5) is 0. The lowest BCUT2D eigenvalue weighted by molar-refractivity contribution is 0.560. The van der Waals surface area contributed by atoms with Gasteiger partial charge in [-0.05, 0) is 24.7 Å². The molecule has 2 aliphatic carbocycles. The summed E-state index contributed by atoms with van der Waals surface area (Å²) < 4.78 is 0. The van der Waals surface area contributed by atoms with E-state index in [4.69, 9.17) is 5.73 Å². The van der Waals surface area contributed by atoms with Crippen LogP contribution >= 0.6 is 0 Å². The first kappa shape index (κ1) is 4.57. The fraction of sp³-hybridized carbons (Fsp3) is 0.714. The summed E-state index contributed by atoms with van der Waals surface area (Å²) in [6, 6.07) is 0.481. The quantitative estimate of drug-likeness (QED) is 0.460. The van der Waals surface area contributed by atoms with Gasteiger partial charge < -0.3 is 5.73 Å². The predicted octanol–water partition coefficient (Wildman–Crippen LogP) is 0.910. The van der Waals surface area contributed by atoms with Crippen molar-refractivity contribution in [3.63, 3.8) is 0 Å². The lowest BCUT2D eigenvalue weighted by Gasteiger charge is -2.05. The van der Waals surface area contributed by atoms with Gasteiger partial charge in [0.1, 0.15) is 0 Å². The summed E-state index contributed by atoms with van der Waals surface area (Å²) in [5.41, 5.74) is 5.82. The molecule has 0 saturated heterocycles. The first-order valence-electron chi connectivity index (χ1n) is 3.32. The molecule has 0 spiro atoms. The number of fused-ring (bicyclic) bond motifs is 2. The first-order valence-corrected chi connectivity index (χ1v) is 3.32. The molecule has 2 N–H and O–H groups in total. The van der Waals surface area contributed by atoms with Crippen LogP contribution in [0.5, 0.6) is 0 Å². The van der Waals surface area contributed by atoms with E-state index in [2.05, 4.69) is 12.2 Å². The van der Waals surface area contributed by atoms with Crippen molar-refractivity contribution in [3.05, 3.63) is 12.2 Å². The van der Waals surface area contributed by atoms with Gasteiger partial charge in [0.2, 0.25) is 0 Å². The maximum atomic E-state index is 5.82. The Labute approximate surface area is 49.6 Å². The number of rotatable bonds is 0. The molecule has 2 bridgehead atoms. The van der Waals surface area contributed by atoms with Crippen LogP contribution in [0.25, 0.3) is 0 Å². The Morgan fingerprint density at radius 1 is 1.12 bits per heavy atom. The van der Waals surface area contributed by atoms with E-state index in [-0.39, 0.29) is 0 Å². The van der Waals surface area contributed by atoms with E-state index in [0.29, 0.717) is 6.04 Å². The average molecular weight is 109 g/mol. The van der Waals surface area contributed by atoms with Crippen LogP contribution in [0.15, 0.2) is 12.2 Å². The summed E-state index contributed by atoms with van der Waals surface area (Å²) in [5.74, 6) is 1.47. The van der Waals surface area contributed by atoms with Gasteiger partial charge in [0, 0.05) is 6.04 Å². The second kappa shape index (κ2) is 1.35. The molecule has 8 heavy (non-hydrogen) atoms. The van der Waals surface area contributed by atoms with Gasteiger partial charge in [-0.1, -0.05) is 12.2 Å². The highest BCUT2D eigenvalue weighted by atomic mass is 14.7. The summed E-state index contributed by atoms with van der Waals surface area (Å²) in [6.07, 6.45) is 7.22. The Morgan fingerprint density at radius 3 is 1.75 bits per heavy atom. The standard InChI is InChI=1S/C7H11N/c8-7-5-1-2-6(7)4-3-5/h1-2,5-7H,3-4,8H2/t5-,6+,7?. The fourth-order valence-corrected chi connectivity index (χ4v) is 1.82. The molecule has 0 amide bonds. The van der Waals surface area contributed by atoms with Crippen LogP contribution in [0.4, 0.5) is 0 Å².